The molecule has 31 heavy (non-hydrogen) atoms. The van der Waals surface area contributed by atoms with Gasteiger partial charge in [-0.25, -0.2) is 0 Å². The molecule has 3 aromatic rings. The molecule has 1 aliphatic rings. The number of fused-ring (bicyclic) bond motifs is 1. The number of methoxy groups -OCH3 is 1. The Balaban J connectivity index is 1.73. The van der Waals surface area contributed by atoms with Crippen LogP contribution in [-0.2, 0) is 6.61 Å². The van der Waals surface area contributed by atoms with Gasteiger partial charge in [0.25, 0.3) is 0 Å². The first-order valence-electron chi connectivity index (χ1n) is 9.61. The van der Waals surface area contributed by atoms with Gasteiger partial charge in [0, 0.05) is 11.3 Å². The standard InChI is InChI=1S/C23H21BrN4O3/c1-12-4-6-14(7-5-12)11-30-21-17(24)8-15(9-18(21)29-3)20-16(10-25)22(26)31-23-19(20)13(2)27-28-23/h4-9,20H,11,26H2,1-3H3,(H,27,28)/t20-/m0/s1. The van der Waals surface area contributed by atoms with Gasteiger partial charge in [-0.05, 0) is 53.0 Å². The summed E-state index contributed by atoms with van der Waals surface area (Å²) >= 11 is 3.61. The molecule has 1 atom stereocenters. The van der Waals surface area contributed by atoms with E-state index < -0.39 is 5.92 Å². The quantitative estimate of drug-likeness (QED) is 0.552. The summed E-state index contributed by atoms with van der Waals surface area (Å²) in [5.41, 5.74) is 11.0. The maximum atomic E-state index is 9.76. The zero-order chi connectivity index (χ0) is 22.1. The number of halogens is 1. The fraction of sp³-hybridized carbons (Fsp3) is 0.217. The highest BCUT2D eigenvalue weighted by atomic mass is 79.9. The van der Waals surface area contributed by atoms with Gasteiger partial charge in [-0.2, -0.15) is 5.26 Å². The fourth-order valence-corrected chi connectivity index (χ4v) is 4.19. The number of benzene rings is 2. The van der Waals surface area contributed by atoms with E-state index in [-0.39, 0.29) is 5.88 Å². The maximum absolute atomic E-state index is 9.76. The number of nitrogens with one attached hydrogen (secondary N) is 1. The van der Waals surface area contributed by atoms with E-state index in [1.54, 1.807) is 7.11 Å². The van der Waals surface area contributed by atoms with Gasteiger partial charge in [-0.3, -0.25) is 5.10 Å². The lowest BCUT2D eigenvalue weighted by atomic mass is 9.84. The summed E-state index contributed by atoms with van der Waals surface area (Å²) in [6.07, 6.45) is 0. The van der Waals surface area contributed by atoms with Crippen LogP contribution in [-0.4, -0.2) is 17.3 Å². The second-order valence-electron chi connectivity index (χ2n) is 7.30. The fourth-order valence-electron chi connectivity index (χ4n) is 3.62. The molecule has 0 amide bonds. The lowest BCUT2D eigenvalue weighted by molar-refractivity contribution is 0.282. The monoisotopic (exact) mass is 480 g/mol. The van der Waals surface area contributed by atoms with Crippen molar-refractivity contribution in [3.63, 3.8) is 0 Å². The highest BCUT2D eigenvalue weighted by Gasteiger charge is 2.35. The Hall–Kier alpha value is -3.44. The number of aromatic nitrogens is 2. The molecule has 0 unspecified atom stereocenters. The van der Waals surface area contributed by atoms with E-state index in [0.717, 1.165) is 22.4 Å². The molecule has 3 N–H and O–H groups in total. The number of nitrogens with two attached hydrogens (primary N) is 1. The third kappa shape index (κ3) is 3.84. The Morgan fingerprint density at radius 2 is 2.00 bits per heavy atom. The number of rotatable bonds is 5. The number of ether oxygens (including phenoxy) is 3. The summed E-state index contributed by atoms with van der Waals surface area (Å²) in [4.78, 5) is 0. The van der Waals surface area contributed by atoms with Crippen LogP contribution in [0.2, 0.25) is 0 Å². The number of nitrogens with zero attached hydrogens (tertiary/aromatic N) is 2. The first kappa shape index (κ1) is 20.8. The number of hydrogen-bond donors (Lipinski definition) is 2. The maximum Gasteiger partial charge on any atom is 0.244 e. The Morgan fingerprint density at radius 3 is 2.68 bits per heavy atom. The minimum atomic E-state index is -0.441. The molecule has 0 saturated heterocycles. The van der Waals surface area contributed by atoms with Crippen molar-refractivity contribution in [1.82, 2.24) is 10.2 Å². The molecule has 0 fully saturated rings. The van der Waals surface area contributed by atoms with Crippen molar-refractivity contribution >= 4 is 15.9 Å². The van der Waals surface area contributed by atoms with Gasteiger partial charge in [0.05, 0.1) is 17.5 Å². The lowest BCUT2D eigenvalue weighted by Gasteiger charge is -2.25. The Bertz CT molecular complexity index is 1210. The molecule has 4 rings (SSSR count). The van der Waals surface area contributed by atoms with Crippen LogP contribution < -0.4 is 19.9 Å². The smallest absolute Gasteiger partial charge is 0.244 e. The average Bonchev–Trinajstić information content (AvgIpc) is 3.12. The van der Waals surface area contributed by atoms with Crippen LogP contribution in [0.5, 0.6) is 17.4 Å². The van der Waals surface area contributed by atoms with E-state index in [4.69, 9.17) is 19.9 Å². The first-order chi connectivity index (χ1) is 14.9. The van der Waals surface area contributed by atoms with Crippen molar-refractivity contribution < 1.29 is 14.2 Å². The predicted molar refractivity (Wildman–Crippen MR) is 119 cm³/mol. The van der Waals surface area contributed by atoms with Crippen molar-refractivity contribution in [1.29, 1.82) is 5.26 Å². The molecular formula is C23H21BrN4O3. The summed E-state index contributed by atoms with van der Waals surface area (Å²) < 4.78 is 17.9. The van der Waals surface area contributed by atoms with Crippen molar-refractivity contribution in [3.8, 4) is 23.4 Å². The van der Waals surface area contributed by atoms with Crippen LogP contribution >= 0.6 is 15.9 Å². The number of aryl methyl sites for hydroxylation is 2. The first-order valence-corrected chi connectivity index (χ1v) is 10.4. The van der Waals surface area contributed by atoms with Gasteiger partial charge in [0.15, 0.2) is 11.5 Å². The van der Waals surface area contributed by atoms with E-state index in [1.165, 1.54) is 5.56 Å². The lowest BCUT2D eigenvalue weighted by Crippen LogP contribution is -2.21. The van der Waals surface area contributed by atoms with Crippen LogP contribution in [0.1, 0.15) is 33.9 Å². The zero-order valence-electron chi connectivity index (χ0n) is 17.3. The van der Waals surface area contributed by atoms with Gasteiger partial charge in [0.1, 0.15) is 18.2 Å². The topological polar surface area (TPSA) is 106 Å². The van der Waals surface area contributed by atoms with Gasteiger partial charge < -0.3 is 19.9 Å². The van der Waals surface area contributed by atoms with E-state index in [1.807, 2.05) is 50.2 Å². The van der Waals surface area contributed by atoms with Crippen LogP contribution in [0.25, 0.3) is 0 Å². The number of nitriles is 1. The summed E-state index contributed by atoms with van der Waals surface area (Å²) in [7, 11) is 1.58. The Labute approximate surface area is 188 Å². The summed E-state index contributed by atoms with van der Waals surface area (Å²) in [6.45, 7) is 4.32. The van der Waals surface area contributed by atoms with Crippen molar-refractivity contribution in [3.05, 3.63) is 80.3 Å². The largest absolute Gasteiger partial charge is 0.493 e. The number of allylic oxidation sites excluding steroid dienone is 1. The van der Waals surface area contributed by atoms with Gasteiger partial charge >= 0.3 is 0 Å². The highest BCUT2D eigenvalue weighted by molar-refractivity contribution is 9.10. The minimum Gasteiger partial charge on any atom is -0.493 e. The Kier molecular flexibility index (Phi) is 5.61. The predicted octanol–water partition coefficient (Wildman–Crippen LogP) is 4.59. The molecule has 158 valence electrons. The SMILES string of the molecule is COc1cc([C@H]2C(C#N)=C(N)Oc3n[nH]c(C)c32)cc(Br)c1OCc1ccc(C)cc1. The van der Waals surface area contributed by atoms with Crippen LogP contribution in [0.4, 0.5) is 0 Å². The molecule has 8 heteroatoms. The molecular weight excluding hydrogens is 460 g/mol. The van der Waals surface area contributed by atoms with Gasteiger partial charge in [0.2, 0.25) is 11.8 Å². The Morgan fingerprint density at radius 1 is 1.26 bits per heavy atom. The van der Waals surface area contributed by atoms with Crippen LogP contribution in [0.3, 0.4) is 0 Å². The average molecular weight is 481 g/mol. The molecule has 0 aliphatic carbocycles. The van der Waals surface area contributed by atoms with Crippen LogP contribution in [0.15, 0.2) is 52.3 Å². The molecule has 7 nitrogen and oxygen atoms in total. The van der Waals surface area contributed by atoms with Crippen LogP contribution in [0, 0.1) is 25.2 Å². The molecule has 0 spiro atoms. The number of aromatic amines is 1. The third-order valence-corrected chi connectivity index (χ3v) is 5.81. The minimum absolute atomic E-state index is 0.0429. The molecule has 2 aromatic carbocycles. The molecule has 1 aliphatic heterocycles. The summed E-state index contributed by atoms with van der Waals surface area (Å²) in [5.74, 6) is 1.10. The van der Waals surface area contributed by atoms with Crippen molar-refractivity contribution in [2.75, 3.05) is 7.11 Å². The van der Waals surface area contributed by atoms with Crippen molar-refractivity contribution in [2.24, 2.45) is 5.73 Å². The number of H-pyrrole nitrogens is 1. The summed E-state index contributed by atoms with van der Waals surface area (Å²) in [5, 5.41) is 16.8. The van der Waals surface area contributed by atoms with Crippen molar-refractivity contribution in [2.45, 2.75) is 26.4 Å². The molecule has 2 heterocycles. The molecule has 0 radical (unpaired) electrons. The third-order valence-electron chi connectivity index (χ3n) is 5.22. The summed E-state index contributed by atoms with van der Waals surface area (Å²) in [6, 6.07) is 14.1. The molecule has 1 aromatic heterocycles. The molecule has 0 saturated carbocycles. The zero-order valence-corrected chi connectivity index (χ0v) is 18.9. The van der Waals surface area contributed by atoms with E-state index in [9.17, 15) is 5.26 Å². The second-order valence-corrected chi connectivity index (χ2v) is 8.15. The highest BCUT2D eigenvalue weighted by Crippen LogP contribution is 2.46. The second kappa shape index (κ2) is 8.36. The van der Waals surface area contributed by atoms with E-state index in [0.29, 0.717) is 34.0 Å². The van der Waals surface area contributed by atoms with Gasteiger partial charge in [-0.15, -0.1) is 5.10 Å². The molecule has 0 bridgehead atoms. The van der Waals surface area contributed by atoms with Gasteiger partial charge in [-0.1, -0.05) is 29.8 Å². The van der Waals surface area contributed by atoms with E-state index in [2.05, 4.69) is 32.2 Å². The normalized spacial score (nSPS) is 15.1. The number of hydrogen-bond acceptors (Lipinski definition) is 6. The van der Waals surface area contributed by atoms with E-state index >= 15 is 0 Å².